The van der Waals surface area contributed by atoms with Gasteiger partial charge in [-0.1, -0.05) is 18.2 Å². The monoisotopic (exact) mass is 402 g/mol. The summed E-state index contributed by atoms with van der Waals surface area (Å²) in [6.45, 7) is 3.50. The van der Waals surface area contributed by atoms with Gasteiger partial charge in [-0.3, -0.25) is 9.78 Å². The van der Waals surface area contributed by atoms with Crippen molar-refractivity contribution in [1.29, 1.82) is 0 Å². The summed E-state index contributed by atoms with van der Waals surface area (Å²) in [6.07, 6.45) is 4.37. The van der Waals surface area contributed by atoms with Crippen LogP contribution in [0.15, 0.2) is 48.8 Å². The molecular formula is C22H22N6O2. The largest absolute Gasteiger partial charge is 0.378 e. The van der Waals surface area contributed by atoms with Crippen LogP contribution < -0.4 is 15.5 Å². The Bertz CT molecular complexity index is 1080. The van der Waals surface area contributed by atoms with Crippen molar-refractivity contribution in [2.45, 2.75) is 6.42 Å². The molecule has 4 heterocycles. The molecule has 0 radical (unpaired) electrons. The van der Waals surface area contributed by atoms with Crippen LogP contribution in [0.25, 0.3) is 11.3 Å². The number of hydrogen-bond acceptors (Lipinski definition) is 7. The summed E-state index contributed by atoms with van der Waals surface area (Å²) in [5.74, 6) is 1.03. The highest BCUT2D eigenvalue weighted by Crippen LogP contribution is 2.39. The van der Waals surface area contributed by atoms with Gasteiger partial charge >= 0.3 is 0 Å². The molecule has 0 unspecified atom stereocenters. The molecule has 8 nitrogen and oxygen atoms in total. The predicted molar refractivity (Wildman–Crippen MR) is 114 cm³/mol. The smallest absolute Gasteiger partial charge is 0.249 e. The number of amides is 1. The molecule has 1 saturated heterocycles. The molecule has 30 heavy (non-hydrogen) atoms. The van der Waals surface area contributed by atoms with Gasteiger partial charge in [0, 0.05) is 42.5 Å². The Labute approximate surface area is 174 Å². The van der Waals surface area contributed by atoms with Gasteiger partial charge < -0.3 is 20.3 Å². The lowest BCUT2D eigenvalue weighted by Crippen LogP contribution is -2.37. The Morgan fingerprint density at radius 2 is 1.87 bits per heavy atom. The number of morpholine rings is 1. The van der Waals surface area contributed by atoms with Gasteiger partial charge in [-0.05, 0) is 24.6 Å². The SMILES string of the molecule is NC(=O)c1ccccc1-c1nc(N2CCOCC2)nc2c1CCN2c1cccnc1. The molecule has 1 fully saturated rings. The van der Waals surface area contributed by atoms with Crippen LogP contribution in [-0.4, -0.2) is 53.7 Å². The summed E-state index contributed by atoms with van der Waals surface area (Å²) in [7, 11) is 0. The minimum Gasteiger partial charge on any atom is -0.378 e. The average Bonchev–Trinajstić information content (AvgIpc) is 3.24. The lowest BCUT2D eigenvalue weighted by molar-refractivity contribution is 0.100. The lowest BCUT2D eigenvalue weighted by atomic mass is 9.99. The lowest BCUT2D eigenvalue weighted by Gasteiger charge is -2.28. The maximum Gasteiger partial charge on any atom is 0.249 e. The molecule has 3 aromatic rings. The van der Waals surface area contributed by atoms with Crippen LogP contribution in [0.4, 0.5) is 17.5 Å². The molecule has 2 N–H and O–H groups in total. The molecule has 2 aliphatic heterocycles. The van der Waals surface area contributed by atoms with Crippen molar-refractivity contribution in [2.24, 2.45) is 5.73 Å². The van der Waals surface area contributed by atoms with Crippen molar-refractivity contribution in [3.63, 3.8) is 0 Å². The van der Waals surface area contributed by atoms with Gasteiger partial charge in [-0.25, -0.2) is 4.98 Å². The van der Waals surface area contributed by atoms with E-state index in [1.54, 1.807) is 12.3 Å². The number of ether oxygens (including phenoxy) is 1. The zero-order valence-electron chi connectivity index (χ0n) is 16.5. The van der Waals surface area contributed by atoms with Gasteiger partial charge in [0.15, 0.2) is 0 Å². The third-order valence-corrected chi connectivity index (χ3v) is 5.51. The number of benzene rings is 1. The number of rotatable bonds is 4. The van der Waals surface area contributed by atoms with Crippen molar-refractivity contribution < 1.29 is 9.53 Å². The predicted octanol–water partition coefficient (Wildman–Crippen LogP) is 2.17. The van der Waals surface area contributed by atoms with E-state index in [4.69, 9.17) is 20.4 Å². The zero-order chi connectivity index (χ0) is 20.5. The molecule has 2 aromatic heterocycles. The maximum atomic E-state index is 12.1. The van der Waals surface area contributed by atoms with E-state index in [1.807, 2.05) is 36.5 Å². The second-order valence-electron chi connectivity index (χ2n) is 7.30. The number of aromatic nitrogens is 3. The van der Waals surface area contributed by atoms with Crippen LogP contribution in [0.1, 0.15) is 15.9 Å². The first-order valence-corrected chi connectivity index (χ1v) is 10.0. The van der Waals surface area contributed by atoms with Crippen molar-refractivity contribution in [1.82, 2.24) is 15.0 Å². The molecule has 2 aliphatic rings. The standard InChI is InChI=1S/C22H22N6O2/c23-20(29)17-6-2-1-5-16(17)19-18-7-9-28(15-4-3-8-24-14-15)21(18)26-22(25-19)27-10-12-30-13-11-27/h1-6,8,14H,7,9-13H2,(H2,23,29). The summed E-state index contributed by atoms with van der Waals surface area (Å²) in [6, 6.07) is 11.3. The molecular weight excluding hydrogens is 380 g/mol. The van der Waals surface area contributed by atoms with Gasteiger partial charge in [0.1, 0.15) is 5.82 Å². The van der Waals surface area contributed by atoms with E-state index in [2.05, 4.69) is 14.8 Å². The highest BCUT2D eigenvalue weighted by atomic mass is 16.5. The van der Waals surface area contributed by atoms with E-state index in [1.165, 1.54) is 0 Å². The van der Waals surface area contributed by atoms with Gasteiger partial charge in [0.25, 0.3) is 0 Å². The Morgan fingerprint density at radius 3 is 2.63 bits per heavy atom. The molecule has 0 spiro atoms. The Hall–Kier alpha value is -3.52. The topological polar surface area (TPSA) is 97.5 Å². The number of anilines is 3. The summed E-state index contributed by atoms with van der Waals surface area (Å²) < 4.78 is 5.49. The van der Waals surface area contributed by atoms with Crippen molar-refractivity contribution in [3.8, 4) is 11.3 Å². The van der Waals surface area contributed by atoms with E-state index in [0.29, 0.717) is 24.7 Å². The molecule has 152 valence electrons. The van der Waals surface area contributed by atoms with Crippen LogP contribution in [0, 0.1) is 0 Å². The highest BCUT2D eigenvalue weighted by Gasteiger charge is 2.30. The Kier molecular flexibility index (Phi) is 4.76. The summed E-state index contributed by atoms with van der Waals surface area (Å²) in [4.78, 5) is 30.5. The fourth-order valence-corrected chi connectivity index (χ4v) is 4.04. The number of nitrogens with two attached hydrogens (primary N) is 1. The molecule has 0 aliphatic carbocycles. The van der Waals surface area contributed by atoms with Gasteiger partial charge in [0.2, 0.25) is 11.9 Å². The van der Waals surface area contributed by atoms with Crippen molar-refractivity contribution in [2.75, 3.05) is 42.6 Å². The number of pyridine rings is 1. The second kappa shape index (κ2) is 7.72. The van der Waals surface area contributed by atoms with Crippen molar-refractivity contribution in [3.05, 3.63) is 59.9 Å². The van der Waals surface area contributed by atoms with Crippen LogP contribution in [0.2, 0.25) is 0 Å². The quantitative estimate of drug-likeness (QED) is 0.714. The normalized spacial score (nSPS) is 15.9. The molecule has 0 atom stereocenters. The van der Waals surface area contributed by atoms with Crippen LogP contribution >= 0.6 is 0 Å². The third kappa shape index (κ3) is 3.25. The molecule has 0 bridgehead atoms. The molecule has 5 rings (SSSR count). The number of carbonyl (C=O) groups is 1. The van der Waals surface area contributed by atoms with Crippen LogP contribution in [0.3, 0.4) is 0 Å². The Balaban J connectivity index is 1.69. The summed E-state index contributed by atoms with van der Waals surface area (Å²) in [5, 5.41) is 0. The number of hydrogen-bond donors (Lipinski definition) is 1. The highest BCUT2D eigenvalue weighted by molar-refractivity contribution is 6.00. The number of fused-ring (bicyclic) bond motifs is 1. The fourth-order valence-electron chi connectivity index (χ4n) is 4.04. The first-order valence-electron chi connectivity index (χ1n) is 10.0. The van der Waals surface area contributed by atoms with Crippen LogP contribution in [-0.2, 0) is 11.2 Å². The second-order valence-corrected chi connectivity index (χ2v) is 7.30. The first-order chi connectivity index (χ1) is 14.7. The van der Waals surface area contributed by atoms with Crippen molar-refractivity contribution >= 4 is 23.4 Å². The first kappa shape index (κ1) is 18.5. The van der Waals surface area contributed by atoms with Gasteiger partial charge in [-0.15, -0.1) is 0 Å². The van der Waals surface area contributed by atoms with Crippen LogP contribution in [0.5, 0.6) is 0 Å². The van der Waals surface area contributed by atoms with Gasteiger partial charge in [0.05, 0.1) is 30.8 Å². The molecule has 0 saturated carbocycles. The van der Waals surface area contributed by atoms with E-state index in [0.717, 1.165) is 54.4 Å². The third-order valence-electron chi connectivity index (χ3n) is 5.51. The number of nitrogens with zero attached hydrogens (tertiary/aromatic N) is 5. The fraction of sp³-hybridized carbons (Fsp3) is 0.273. The zero-order valence-corrected chi connectivity index (χ0v) is 16.5. The summed E-state index contributed by atoms with van der Waals surface area (Å²) in [5.41, 5.74) is 9.64. The summed E-state index contributed by atoms with van der Waals surface area (Å²) >= 11 is 0. The average molecular weight is 402 g/mol. The van der Waals surface area contributed by atoms with Gasteiger partial charge in [-0.2, -0.15) is 4.98 Å². The Morgan fingerprint density at radius 1 is 1.03 bits per heavy atom. The van der Waals surface area contributed by atoms with E-state index in [9.17, 15) is 4.79 Å². The maximum absolute atomic E-state index is 12.1. The van der Waals surface area contributed by atoms with E-state index >= 15 is 0 Å². The molecule has 1 aromatic carbocycles. The van der Waals surface area contributed by atoms with E-state index in [-0.39, 0.29) is 0 Å². The number of primary amides is 1. The molecule has 1 amide bonds. The minimum absolute atomic E-state index is 0.464. The number of carbonyl (C=O) groups excluding carboxylic acids is 1. The van der Waals surface area contributed by atoms with E-state index < -0.39 is 5.91 Å². The molecule has 8 heteroatoms. The minimum atomic E-state index is -0.465.